The summed E-state index contributed by atoms with van der Waals surface area (Å²) in [5.41, 5.74) is 0.422. The van der Waals surface area contributed by atoms with Gasteiger partial charge in [-0.3, -0.25) is 9.59 Å². The molecule has 1 aliphatic heterocycles. The number of carbonyl (C=O) groups excluding carboxylic acids is 2. The van der Waals surface area contributed by atoms with E-state index in [1.165, 1.54) is 25.7 Å². The predicted molar refractivity (Wildman–Crippen MR) is 120 cm³/mol. The second kappa shape index (κ2) is 8.11. The van der Waals surface area contributed by atoms with Crippen LogP contribution in [0.25, 0.3) is 0 Å². The van der Waals surface area contributed by atoms with E-state index in [4.69, 9.17) is 0 Å². The van der Waals surface area contributed by atoms with Crippen molar-refractivity contribution in [3.8, 4) is 0 Å². The minimum Gasteiger partial charge on any atom is -0.356 e. The van der Waals surface area contributed by atoms with Crippen molar-refractivity contribution in [3.63, 3.8) is 0 Å². The van der Waals surface area contributed by atoms with Gasteiger partial charge >= 0.3 is 0 Å². The summed E-state index contributed by atoms with van der Waals surface area (Å²) in [5, 5.41) is 3.26. The van der Waals surface area contributed by atoms with Crippen molar-refractivity contribution in [2.24, 2.45) is 34.5 Å². The van der Waals surface area contributed by atoms with E-state index in [1.807, 2.05) is 7.05 Å². The standard InChI is InChI=1S/C25H43N3O2/c1-24-13-11-19-17(7-10-21-25(19,2)14-12-22(29)28(21)5)18(24)8-9-20(24)23(30)26-15-6-16-27(3)4/h17-21H,6-16H2,1-5H3,(H,26,30)/t17-,18-,19-,20+,21+,24-,25+/m0/s1. The fraction of sp³-hybridized carbons (Fsp3) is 0.920. The van der Waals surface area contributed by atoms with E-state index >= 15 is 0 Å². The van der Waals surface area contributed by atoms with Gasteiger partial charge < -0.3 is 15.1 Å². The molecule has 0 unspecified atom stereocenters. The van der Waals surface area contributed by atoms with Gasteiger partial charge in [0.25, 0.3) is 0 Å². The molecule has 3 aliphatic carbocycles. The average molecular weight is 418 g/mol. The van der Waals surface area contributed by atoms with Gasteiger partial charge in [0.1, 0.15) is 0 Å². The summed E-state index contributed by atoms with van der Waals surface area (Å²) in [6, 6.07) is 0.418. The fourth-order valence-corrected chi connectivity index (χ4v) is 8.31. The maximum atomic E-state index is 13.1. The molecule has 5 heteroatoms. The maximum absolute atomic E-state index is 13.1. The molecule has 0 aromatic heterocycles. The number of carbonyl (C=O) groups is 2. The molecule has 0 aromatic carbocycles. The Balaban J connectivity index is 1.45. The quantitative estimate of drug-likeness (QED) is 0.696. The Kier molecular flexibility index (Phi) is 5.97. The Bertz CT molecular complexity index is 679. The number of hydrogen-bond donors (Lipinski definition) is 1. The van der Waals surface area contributed by atoms with Gasteiger partial charge in [-0.15, -0.1) is 0 Å². The van der Waals surface area contributed by atoms with Gasteiger partial charge in [0.15, 0.2) is 0 Å². The first-order valence-electron chi connectivity index (χ1n) is 12.4. The van der Waals surface area contributed by atoms with Gasteiger partial charge in [0.2, 0.25) is 11.8 Å². The summed E-state index contributed by atoms with van der Waals surface area (Å²) in [6.45, 7) is 6.71. The van der Waals surface area contributed by atoms with Gasteiger partial charge in [-0.1, -0.05) is 13.8 Å². The molecule has 3 saturated carbocycles. The largest absolute Gasteiger partial charge is 0.356 e. The fourth-order valence-electron chi connectivity index (χ4n) is 8.31. The molecule has 0 radical (unpaired) electrons. The van der Waals surface area contributed by atoms with E-state index in [-0.39, 0.29) is 16.7 Å². The van der Waals surface area contributed by atoms with Crippen LogP contribution in [0, 0.1) is 34.5 Å². The number of likely N-dealkylation sites (tertiary alicyclic amines) is 1. The Morgan fingerprint density at radius 3 is 2.53 bits per heavy atom. The van der Waals surface area contributed by atoms with Crippen molar-refractivity contribution in [3.05, 3.63) is 0 Å². The lowest BCUT2D eigenvalue weighted by atomic mass is 9.47. The minimum absolute atomic E-state index is 0.159. The van der Waals surface area contributed by atoms with Crippen LogP contribution in [0.15, 0.2) is 0 Å². The maximum Gasteiger partial charge on any atom is 0.223 e. The predicted octanol–water partition coefficient (Wildman–Crippen LogP) is 3.53. The van der Waals surface area contributed by atoms with Gasteiger partial charge in [0, 0.05) is 32.0 Å². The van der Waals surface area contributed by atoms with Crippen LogP contribution in [0.2, 0.25) is 0 Å². The number of rotatable bonds is 5. The topological polar surface area (TPSA) is 52.7 Å². The molecule has 7 atom stereocenters. The van der Waals surface area contributed by atoms with Crippen LogP contribution in [-0.2, 0) is 9.59 Å². The number of nitrogens with zero attached hydrogens (tertiary/aromatic N) is 2. The Labute approximate surface area is 183 Å². The molecule has 4 rings (SSSR count). The highest BCUT2D eigenvalue weighted by Gasteiger charge is 2.62. The van der Waals surface area contributed by atoms with Crippen LogP contribution in [0.3, 0.4) is 0 Å². The number of nitrogens with one attached hydrogen (secondary N) is 1. The minimum atomic E-state index is 0.159. The van der Waals surface area contributed by atoms with Crippen molar-refractivity contribution in [2.45, 2.75) is 77.7 Å². The summed E-state index contributed by atoms with van der Waals surface area (Å²) in [6.07, 6.45) is 9.85. The van der Waals surface area contributed by atoms with Crippen molar-refractivity contribution < 1.29 is 9.59 Å². The average Bonchev–Trinajstić information content (AvgIpc) is 3.05. The number of hydrogen-bond acceptors (Lipinski definition) is 3. The summed E-state index contributed by atoms with van der Waals surface area (Å²) in [4.78, 5) is 29.7. The lowest BCUT2D eigenvalue weighted by molar-refractivity contribution is -0.159. The normalized spacial score (nSPS) is 43.2. The van der Waals surface area contributed by atoms with Crippen molar-refractivity contribution >= 4 is 11.8 Å². The van der Waals surface area contributed by atoms with Crippen LogP contribution >= 0.6 is 0 Å². The van der Waals surface area contributed by atoms with Gasteiger partial charge in [-0.25, -0.2) is 0 Å². The molecule has 0 spiro atoms. The summed E-state index contributed by atoms with van der Waals surface area (Å²) < 4.78 is 0. The summed E-state index contributed by atoms with van der Waals surface area (Å²) in [7, 11) is 6.19. The lowest BCUT2D eigenvalue weighted by Crippen LogP contribution is -2.61. The zero-order valence-electron chi connectivity index (χ0n) is 19.9. The highest BCUT2D eigenvalue weighted by molar-refractivity contribution is 5.80. The van der Waals surface area contributed by atoms with Crippen LogP contribution < -0.4 is 5.32 Å². The van der Waals surface area contributed by atoms with E-state index in [2.05, 4.69) is 43.1 Å². The first-order chi connectivity index (χ1) is 14.2. The zero-order valence-corrected chi connectivity index (χ0v) is 19.9. The van der Waals surface area contributed by atoms with Gasteiger partial charge in [-0.05, 0) is 101 Å². The zero-order chi connectivity index (χ0) is 21.7. The molecule has 2 amide bonds. The smallest absolute Gasteiger partial charge is 0.223 e. The first-order valence-corrected chi connectivity index (χ1v) is 12.4. The third kappa shape index (κ3) is 3.49. The molecule has 1 saturated heterocycles. The molecule has 0 bridgehead atoms. The SMILES string of the molecule is CN(C)CCCNC(=O)[C@H]1CC[C@H]2[C@@H]3CC[C@H]4N(C)C(=O)CC[C@]4(C)[C@H]3CC[C@]12C. The van der Waals surface area contributed by atoms with E-state index in [1.54, 1.807) is 0 Å². The Morgan fingerprint density at radius 2 is 1.80 bits per heavy atom. The van der Waals surface area contributed by atoms with Crippen molar-refractivity contribution in [2.75, 3.05) is 34.2 Å². The Morgan fingerprint density at radius 1 is 1.07 bits per heavy atom. The Hall–Kier alpha value is -1.10. The monoisotopic (exact) mass is 417 g/mol. The van der Waals surface area contributed by atoms with Crippen LogP contribution in [-0.4, -0.2) is 61.9 Å². The first kappa shape index (κ1) is 22.1. The van der Waals surface area contributed by atoms with Crippen molar-refractivity contribution in [1.29, 1.82) is 0 Å². The molecule has 5 nitrogen and oxygen atoms in total. The molecule has 1 heterocycles. The van der Waals surface area contributed by atoms with Crippen LogP contribution in [0.4, 0.5) is 0 Å². The van der Waals surface area contributed by atoms with E-state index in [0.717, 1.165) is 44.7 Å². The molecule has 1 N–H and O–H groups in total. The summed E-state index contributed by atoms with van der Waals surface area (Å²) >= 11 is 0. The van der Waals surface area contributed by atoms with Gasteiger partial charge in [0.05, 0.1) is 0 Å². The third-order valence-corrected chi connectivity index (χ3v) is 9.96. The molecule has 30 heavy (non-hydrogen) atoms. The number of fused-ring (bicyclic) bond motifs is 5. The molecular weight excluding hydrogens is 374 g/mol. The van der Waals surface area contributed by atoms with E-state index in [9.17, 15) is 9.59 Å². The third-order valence-electron chi connectivity index (χ3n) is 9.96. The molecule has 170 valence electrons. The molecule has 4 aliphatic rings. The number of amides is 2. The van der Waals surface area contributed by atoms with E-state index in [0.29, 0.717) is 36.1 Å². The van der Waals surface area contributed by atoms with Crippen molar-refractivity contribution in [1.82, 2.24) is 15.1 Å². The molecule has 0 aromatic rings. The van der Waals surface area contributed by atoms with E-state index < -0.39 is 0 Å². The summed E-state index contributed by atoms with van der Waals surface area (Å²) in [5.74, 6) is 2.95. The number of piperidine rings is 1. The molecule has 4 fully saturated rings. The van der Waals surface area contributed by atoms with Crippen LogP contribution in [0.1, 0.15) is 71.6 Å². The highest BCUT2D eigenvalue weighted by atomic mass is 16.2. The van der Waals surface area contributed by atoms with Gasteiger partial charge in [-0.2, -0.15) is 0 Å². The highest BCUT2D eigenvalue weighted by Crippen LogP contribution is 2.66. The molecular formula is C25H43N3O2. The lowest BCUT2D eigenvalue weighted by Gasteiger charge is -2.61. The van der Waals surface area contributed by atoms with Crippen LogP contribution in [0.5, 0.6) is 0 Å². The second-order valence-electron chi connectivity index (χ2n) is 11.6. The second-order valence-corrected chi connectivity index (χ2v) is 11.6.